The molecule has 1 N–H and O–H groups in total. The highest BCUT2D eigenvalue weighted by Gasteiger charge is 2.14. The lowest BCUT2D eigenvalue weighted by Gasteiger charge is -2.16. The predicted octanol–water partition coefficient (Wildman–Crippen LogP) is 3.28. The topological polar surface area (TPSA) is 36.1 Å². The fourth-order valence-electron chi connectivity index (χ4n) is 2.37. The Balaban J connectivity index is 2.17. The molecule has 102 valence electrons. The van der Waals surface area contributed by atoms with Gasteiger partial charge in [-0.3, -0.25) is 4.79 Å². The van der Waals surface area contributed by atoms with Gasteiger partial charge in [-0.1, -0.05) is 31.5 Å². The lowest BCUT2D eigenvalue weighted by atomic mass is 10.1. The molecule has 0 atom stereocenters. The molecule has 2 aromatic rings. The van der Waals surface area contributed by atoms with E-state index in [1.165, 1.54) is 0 Å². The monoisotopic (exact) mass is 258 g/mol. The van der Waals surface area contributed by atoms with Crippen LogP contribution in [0.1, 0.15) is 31.0 Å². The first-order valence-electron chi connectivity index (χ1n) is 6.93. The Morgan fingerprint density at radius 1 is 1.32 bits per heavy atom. The standard InChI is InChI=1S/C16H22N2O/c1-4-5-10-18(3)16(19)11-14-12(2)17-15-9-7-6-8-13(14)15/h6-9,17H,4-5,10-11H2,1-3H3. The zero-order valence-corrected chi connectivity index (χ0v) is 12.0. The van der Waals surface area contributed by atoms with Gasteiger partial charge in [-0.2, -0.15) is 0 Å². The molecule has 0 aliphatic rings. The number of hydrogen-bond donors (Lipinski definition) is 1. The number of likely N-dealkylation sites (N-methyl/N-ethyl adjacent to an activating group) is 1. The largest absolute Gasteiger partial charge is 0.358 e. The van der Waals surface area contributed by atoms with Crippen LogP contribution in [0, 0.1) is 6.92 Å². The number of rotatable bonds is 5. The van der Waals surface area contributed by atoms with Crippen molar-refractivity contribution in [3.63, 3.8) is 0 Å². The Kier molecular flexibility index (Phi) is 4.25. The van der Waals surface area contributed by atoms with Crippen molar-refractivity contribution in [2.45, 2.75) is 33.1 Å². The number of amides is 1. The number of fused-ring (bicyclic) bond motifs is 1. The third kappa shape index (κ3) is 2.98. The Bertz CT molecular complexity index is 571. The zero-order valence-electron chi connectivity index (χ0n) is 12.0. The highest BCUT2D eigenvalue weighted by Crippen LogP contribution is 2.22. The van der Waals surface area contributed by atoms with E-state index in [-0.39, 0.29) is 5.91 Å². The summed E-state index contributed by atoms with van der Waals surface area (Å²) < 4.78 is 0. The maximum atomic E-state index is 12.2. The van der Waals surface area contributed by atoms with E-state index in [2.05, 4.69) is 24.0 Å². The number of nitrogens with one attached hydrogen (secondary N) is 1. The Morgan fingerprint density at radius 3 is 2.79 bits per heavy atom. The van der Waals surface area contributed by atoms with Crippen LogP contribution in [0.3, 0.4) is 0 Å². The summed E-state index contributed by atoms with van der Waals surface area (Å²) in [6.07, 6.45) is 2.66. The molecule has 0 bridgehead atoms. The van der Waals surface area contributed by atoms with Gasteiger partial charge >= 0.3 is 0 Å². The van der Waals surface area contributed by atoms with Gasteiger partial charge in [0.25, 0.3) is 0 Å². The summed E-state index contributed by atoms with van der Waals surface area (Å²) in [5.74, 6) is 0.196. The van der Waals surface area contributed by atoms with Crippen LogP contribution in [0.2, 0.25) is 0 Å². The highest BCUT2D eigenvalue weighted by molar-refractivity contribution is 5.90. The summed E-state index contributed by atoms with van der Waals surface area (Å²) in [6.45, 7) is 5.02. The van der Waals surface area contributed by atoms with E-state index in [1.54, 1.807) is 0 Å². The van der Waals surface area contributed by atoms with Crippen molar-refractivity contribution in [2.75, 3.05) is 13.6 Å². The molecule has 0 fully saturated rings. The SMILES string of the molecule is CCCCN(C)C(=O)Cc1c(C)[nH]c2ccccc12. The average molecular weight is 258 g/mol. The van der Waals surface area contributed by atoms with Gasteiger partial charge in [0.05, 0.1) is 6.42 Å². The van der Waals surface area contributed by atoms with Crippen LogP contribution in [0.4, 0.5) is 0 Å². The van der Waals surface area contributed by atoms with Crippen molar-refractivity contribution in [1.82, 2.24) is 9.88 Å². The summed E-state index contributed by atoms with van der Waals surface area (Å²) in [5.41, 5.74) is 3.33. The maximum absolute atomic E-state index is 12.2. The minimum absolute atomic E-state index is 0.196. The molecule has 1 heterocycles. The first-order chi connectivity index (χ1) is 9.13. The van der Waals surface area contributed by atoms with Crippen LogP contribution in [-0.2, 0) is 11.2 Å². The number of hydrogen-bond acceptors (Lipinski definition) is 1. The number of carbonyl (C=O) groups excluding carboxylic acids is 1. The zero-order chi connectivity index (χ0) is 13.8. The minimum Gasteiger partial charge on any atom is -0.358 e. The molecule has 0 spiro atoms. The van der Waals surface area contributed by atoms with Gasteiger partial charge in [-0.25, -0.2) is 0 Å². The Hall–Kier alpha value is -1.77. The maximum Gasteiger partial charge on any atom is 0.226 e. The van der Waals surface area contributed by atoms with Gasteiger partial charge in [0.1, 0.15) is 0 Å². The molecule has 0 aliphatic heterocycles. The third-order valence-electron chi connectivity index (χ3n) is 3.63. The van der Waals surface area contributed by atoms with Gasteiger partial charge in [-0.15, -0.1) is 0 Å². The minimum atomic E-state index is 0.196. The number of H-pyrrole nitrogens is 1. The molecule has 0 saturated carbocycles. The number of aromatic nitrogens is 1. The van der Waals surface area contributed by atoms with Crippen LogP contribution >= 0.6 is 0 Å². The Labute approximate surface area is 114 Å². The van der Waals surface area contributed by atoms with Crippen molar-refractivity contribution in [3.05, 3.63) is 35.5 Å². The smallest absolute Gasteiger partial charge is 0.226 e. The van der Waals surface area contributed by atoms with Crippen LogP contribution in [0.5, 0.6) is 0 Å². The number of benzene rings is 1. The number of aryl methyl sites for hydroxylation is 1. The highest BCUT2D eigenvalue weighted by atomic mass is 16.2. The van der Waals surface area contributed by atoms with Crippen LogP contribution < -0.4 is 0 Å². The van der Waals surface area contributed by atoms with E-state index in [0.717, 1.165) is 41.5 Å². The lowest BCUT2D eigenvalue weighted by Crippen LogP contribution is -2.29. The summed E-state index contributed by atoms with van der Waals surface area (Å²) in [7, 11) is 1.89. The Morgan fingerprint density at radius 2 is 2.05 bits per heavy atom. The number of unbranched alkanes of at least 4 members (excludes halogenated alkanes) is 1. The second-order valence-corrected chi connectivity index (χ2v) is 5.12. The molecule has 3 heteroatoms. The van der Waals surface area contributed by atoms with E-state index in [9.17, 15) is 4.79 Å². The van der Waals surface area contributed by atoms with E-state index >= 15 is 0 Å². The van der Waals surface area contributed by atoms with Gasteiger partial charge in [0.2, 0.25) is 5.91 Å². The molecule has 1 aromatic heterocycles. The predicted molar refractivity (Wildman–Crippen MR) is 79.3 cm³/mol. The number of aromatic amines is 1. The van der Waals surface area contributed by atoms with Crippen LogP contribution in [-0.4, -0.2) is 29.4 Å². The molecule has 2 rings (SSSR count). The lowest BCUT2D eigenvalue weighted by molar-refractivity contribution is -0.129. The molecular formula is C16H22N2O. The van der Waals surface area contributed by atoms with Crippen molar-refractivity contribution in [2.24, 2.45) is 0 Å². The number of para-hydroxylation sites is 1. The summed E-state index contributed by atoms with van der Waals surface area (Å²) in [6, 6.07) is 8.16. The summed E-state index contributed by atoms with van der Waals surface area (Å²) in [5, 5.41) is 1.16. The van der Waals surface area contributed by atoms with Crippen molar-refractivity contribution < 1.29 is 4.79 Å². The van der Waals surface area contributed by atoms with Crippen LogP contribution in [0.15, 0.2) is 24.3 Å². The van der Waals surface area contributed by atoms with E-state index in [4.69, 9.17) is 0 Å². The van der Waals surface area contributed by atoms with Crippen molar-refractivity contribution >= 4 is 16.8 Å². The average Bonchev–Trinajstić information content (AvgIpc) is 2.72. The van der Waals surface area contributed by atoms with E-state index in [1.807, 2.05) is 31.0 Å². The molecule has 1 aromatic carbocycles. The molecule has 1 amide bonds. The van der Waals surface area contributed by atoms with Crippen molar-refractivity contribution in [1.29, 1.82) is 0 Å². The fourth-order valence-corrected chi connectivity index (χ4v) is 2.37. The first kappa shape index (κ1) is 13.7. The number of carbonyl (C=O) groups is 1. The van der Waals surface area contributed by atoms with Crippen molar-refractivity contribution in [3.8, 4) is 0 Å². The van der Waals surface area contributed by atoms with Gasteiger partial charge in [0, 0.05) is 30.2 Å². The molecular weight excluding hydrogens is 236 g/mol. The molecule has 0 aliphatic carbocycles. The molecule has 3 nitrogen and oxygen atoms in total. The van der Waals surface area contributed by atoms with Gasteiger partial charge in [-0.05, 0) is 25.0 Å². The molecule has 19 heavy (non-hydrogen) atoms. The quantitative estimate of drug-likeness (QED) is 0.877. The van der Waals surface area contributed by atoms with Crippen LogP contribution in [0.25, 0.3) is 10.9 Å². The third-order valence-corrected chi connectivity index (χ3v) is 3.63. The second-order valence-electron chi connectivity index (χ2n) is 5.12. The molecule has 0 saturated heterocycles. The number of nitrogens with zero attached hydrogens (tertiary/aromatic N) is 1. The summed E-state index contributed by atoms with van der Waals surface area (Å²) in [4.78, 5) is 17.4. The molecule has 0 radical (unpaired) electrons. The van der Waals surface area contributed by atoms with Gasteiger partial charge in [0.15, 0.2) is 0 Å². The fraction of sp³-hybridized carbons (Fsp3) is 0.438. The summed E-state index contributed by atoms with van der Waals surface area (Å²) >= 11 is 0. The van der Waals surface area contributed by atoms with E-state index < -0.39 is 0 Å². The van der Waals surface area contributed by atoms with E-state index in [0.29, 0.717) is 6.42 Å². The second kappa shape index (κ2) is 5.91. The normalized spacial score (nSPS) is 10.9. The molecule has 0 unspecified atom stereocenters. The first-order valence-corrected chi connectivity index (χ1v) is 6.93. The van der Waals surface area contributed by atoms with Gasteiger partial charge < -0.3 is 9.88 Å².